The highest BCUT2D eigenvalue weighted by Gasteiger charge is 2.13. The van der Waals surface area contributed by atoms with Crippen LogP contribution in [0.3, 0.4) is 0 Å². The zero-order chi connectivity index (χ0) is 11.6. The van der Waals surface area contributed by atoms with E-state index in [1.807, 2.05) is 0 Å². The summed E-state index contributed by atoms with van der Waals surface area (Å²) in [6.45, 7) is 4.48. The lowest BCUT2D eigenvalue weighted by molar-refractivity contribution is 0.619. The lowest BCUT2D eigenvalue weighted by Gasteiger charge is -1.99. The van der Waals surface area contributed by atoms with Crippen LogP contribution in [0.5, 0.6) is 0 Å². The molecule has 1 aliphatic rings. The van der Waals surface area contributed by atoms with Gasteiger partial charge in [-0.25, -0.2) is 0 Å². The predicted molar refractivity (Wildman–Crippen MR) is 73.6 cm³/mol. The van der Waals surface area contributed by atoms with Crippen molar-refractivity contribution < 1.29 is 0 Å². The predicted octanol–water partition coefficient (Wildman–Crippen LogP) is 5.65. The molecule has 0 aromatic carbocycles. The van der Waals surface area contributed by atoms with Crippen LogP contribution in [0, 0.1) is 5.92 Å². The van der Waals surface area contributed by atoms with Crippen LogP contribution in [0.1, 0.15) is 71.6 Å². The van der Waals surface area contributed by atoms with Crippen molar-refractivity contribution in [3.63, 3.8) is 0 Å². The molecule has 1 rings (SSSR count). The summed E-state index contributed by atoms with van der Waals surface area (Å²) in [5.41, 5.74) is 1.74. The van der Waals surface area contributed by atoms with Crippen molar-refractivity contribution >= 4 is 0 Å². The molecule has 1 aliphatic carbocycles. The van der Waals surface area contributed by atoms with E-state index in [4.69, 9.17) is 0 Å². The number of unbranched alkanes of at least 4 members (excludes halogenated alkanes) is 5. The monoisotopic (exact) mass is 220 g/mol. The SMILES string of the molecule is C/C=C\CCCCCC/C=C1/CCC(C)C1. The highest BCUT2D eigenvalue weighted by atomic mass is 14.2. The first-order valence-electron chi connectivity index (χ1n) is 7.12. The first kappa shape index (κ1) is 13.5. The summed E-state index contributed by atoms with van der Waals surface area (Å²) >= 11 is 0. The maximum absolute atomic E-state index is 2.52. The van der Waals surface area contributed by atoms with Gasteiger partial charge in [-0.15, -0.1) is 0 Å². The zero-order valence-corrected chi connectivity index (χ0v) is 11.2. The van der Waals surface area contributed by atoms with Crippen molar-refractivity contribution in [3.05, 3.63) is 23.8 Å². The standard InChI is InChI=1S/C16H28/c1-3-4-5-6-7-8-9-10-11-16-13-12-15(2)14-16/h3-4,11,15H,5-10,12-14H2,1-2H3/b4-3-,16-11-. The van der Waals surface area contributed by atoms with Crippen LogP contribution in [0.25, 0.3) is 0 Å². The maximum atomic E-state index is 2.52. The molecule has 1 saturated carbocycles. The lowest BCUT2D eigenvalue weighted by Crippen LogP contribution is -1.81. The molecule has 0 bridgehead atoms. The Balaban J connectivity index is 1.91. The quantitative estimate of drug-likeness (QED) is 0.384. The van der Waals surface area contributed by atoms with E-state index in [2.05, 4.69) is 32.1 Å². The molecule has 0 saturated heterocycles. The van der Waals surface area contributed by atoms with Gasteiger partial charge < -0.3 is 0 Å². The molecule has 0 spiro atoms. The first-order chi connectivity index (χ1) is 7.83. The van der Waals surface area contributed by atoms with Gasteiger partial charge >= 0.3 is 0 Å². The second kappa shape index (κ2) is 8.61. The Morgan fingerprint density at radius 2 is 1.88 bits per heavy atom. The fourth-order valence-electron chi connectivity index (χ4n) is 2.50. The third kappa shape index (κ3) is 6.15. The number of hydrogen-bond donors (Lipinski definition) is 0. The van der Waals surface area contributed by atoms with E-state index in [0.29, 0.717) is 0 Å². The number of hydrogen-bond acceptors (Lipinski definition) is 0. The molecule has 0 nitrogen and oxygen atoms in total. The molecule has 0 N–H and O–H groups in total. The molecule has 0 aliphatic heterocycles. The summed E-state index contributed by atoms with van der Waals surface area (Å²) < 4.78 is 0. The van der Waals surface area contributed by atoms with Crippen LogP contribution < -0.4 is 0 Å². The molecule has 0 amide bonds. The van der Waals surface area contributed by atoms with Crippen molar-refractivity contribution in [3.8, 4) is 0 Å². The number of allylic oxidation sites excluding steroid dienone is 4. The van der Waals surface area contributed by atoms with Gasteiger partial charge in [0, 0.05) is 0 Å². The van der Waals surface area contributed by atoms with E-state index in [9.17, 15) is 0 Å². The smallest absolute Gasteiger partial charge is 0.0294 e. The van der Waals surface area contributed by atoms with E-state index < -0.39 is 0 Å². The fourth-order valence-corrected chi connectivity index (χ4v) is 2.50. The van der Waals surface area contributed by atoms with Crippen LogP contribution in [0.4, 0.5) is 0 Å². The molecule has 0 aromatic rings. The Morgan fingerprint density at radius 1 is 1.12 bits per heavy atom. The molecular weight excluding hydrogens is 192 g/mol. The van der Waals surface area contributed by atoms with E-state index in [1.165, 1.54) is 57.8 Å². The third-order valence-corrected chi connectivity index (χ3v) is 3.56. The fraction of sp³-hybridized carbons (Fsp3) is 0.750. The molecular formula is C16H28. The van der Waals surface area contributed by atoms with E-state index in [1.54, 1.807) is 5.57 Å². The van der Waals surface area contributed by atoms with Crippen LogP contribution in [-0.2, 0) is 0 Å². The Labute approximate surface area is 102 Å². The third-order valence-electron chi connectivity index (χ3n) is 3.56. The minimum Gasteiger partial charge on any atom is -0.0917 e. The normalized spacial score (nSPS) is 23.6. The first-order valence-corrected chi connectivity index (χ1v) is 7.12. The summed E-state index contributed by atoms with van der Waals surface area (Å²) in [4.78, 5) is 0. The van der Waals surface area contributed by atoms with Crippen LogP contribution in [0.2, 0.25) is 0 Å². The minimum absolute atomic E-state index is 0.951. The Morgan fingerprint density at radius 3 is 2.50 bits per heavy atom. The molecule has 0 aromatic heterocycles. The molecule has 1 fully saturated rings. The summed E-state index contributed by atoms with van der Waals surface area (Å²) in [5, 5.41) is 0. The van der Waals surface area contributed by atoms with Crippen molar-refractivity contribution in [2.75, 3.05) is 0 Å². The maximum Gasteiger partial charge on any atom is -0.0294 e. The minimum atomic E-state index is 0.951. The van der Waals surface area contributed by atoms with Gasteiger partial charge in [0.1, 0.15) is 0 Å². The molecule has 16 heavy (non-hydrogen) atoms. The second-order valence-electron chi connectivity index (χ2n) is 5.27. The van der Waals surface area contributed by atoms with Crippen LogP contribution in [0.15, 0.2) is 23.8 Å². The van der Waals surface area contributed by atoms with Gasteiger partial charge in [0.25, 0.3) is 0 Å². The van der Waals surface area contributed by atoms with E-state index in [-0.39, 0.29) is 0 Å². The summed E-state index contributed by atoms with van der Waals surface area (Å²) in [6, 6.07) is 0. The van der Waals surface area contributed by atoms with Gasteiger partial charge in [-0.3, -0.25) is 0 Å². The van der Waals surface area contributed by atoms with Crippen molar-refractivity contribution in [2.24, 2.45) is 5.92 Å². The average Bonchev–Trinajstić information content (AvgIpc) is 2.68. The van der Waals surface area contributed by atoms with Gasteiger partial charge in [0.15, 0.2) is 0 Å². The Bertz CT molecular complexity index is 222. The van der Waals surface area contributed by atoms with Gasteiger partial charge in [0.05, 0.1) is 0 Å². The zero-order valence-electron chi connectivity index (χ0n) is 11.2. The molecule has 1 unspecified atom stereocenters. The lowest BCUT2D eigenvalue weighted by atomic mass is 10.1. The molecule has 0 radical (unpaired) electrons. The average molecular weight is 220 g/mol. The Hall–Kier alpha value is -0.520. The van der Waals surface area contributed by atoms with Crippen LogP contribution >= 0.6 is 0 Å². The van der Waals surface area contributed by atoms with Gasteiger partial charge in [-0.2, -0.15) is 0 Å². The number of rotatable bonds is 7. The van der Waals surface area contributed by atoms with Gasteiger partial charge in [0.2, 0.25) is 0 Å². The van der Waals surface area contributed by atoms with Crippen molar-refractivity contribution in [2.45, 2.75) is 71.6 Å². The second-order valence-corrected chi connectivity index (χ2v) is 5.27. The topological polar surface area (TPSA) is 0 Å². The molecule has 0 heterocycles. The molecule has 0 heteroatoms. The molecule has 1 atom stereocenters. The molecule has 92 valence electrons. The summed E-state index contributed by atoms with van der Waals surface area (Å²) in [5.74, 6) is 0.951. The highest BCUT2D eigenvalue weighted by molar-refractivity contribution is 5.07. The highest BCUT2D eigenvalue weighted by Crippen LogP contribution is 2.29. The van der Waals surface area contributed by atoms with E-state index >= 15 is 0 Å². The van der Waals surface area contributed by atoms with Gasteiger partial charge in [-0.1, -0.05) is 43.6 Å². The summed E-state index contributed by atoms with van der Waals surface area (Å²) in [7, 11) is 0. The van der Waals surface area contributed by atoms with Crippen LogP contribution in [-0.4, -0.2) is 0 Å². The van der Waals surface area contributed by atoms with Crippen molar-refractivity contribution in [1.29, 1.82) is 0 Å². The summed E-state index contributed by atoms with van der Waals surface area (Å²) in [6.07, 6.45) is 19.3. The van der Waals surface area contributed by atoms with Crippen molar-refractivity contribution in [1.82, 2.24) is 0 Å². The largest absolute Gasteiger partial charge is 0.0917 e. The van der Waals surface area contributed by atoms with E-state index in [0.717, 1.165) is 5.92 Å². The Kier molecular flexibility index (Phi) is 7.29. The van der Waals surface area contributed by atoms with Gasteiger partial charge in [-0.05, 0) is 57.8 Å².